The number of benzene rings is 2. The summed E-state index contributed by atoms with van der Waals surface area (Å²) in [4.78, 5) is 37.4. The van der Waals surface area contributed by atoms with E-state index in [0.717, 1.165) is 5.56 Å². The van der Waals surface area contributed by atoms with Crippen LogP contribution in [0.2, 0.25) is 0 Å². The highest BCUT2D eigenvalue weighted by Gasteiger charge is 2.30. The van der Waals surface area contributed by atoms with E-state index >= 15 is 4.39 Å². The van der Waals surface area contributed by atoms with Crippen LogP contribution in [0.5, 0.6) is 0 Å². The minimum atomic E-state index is -0.738. The number of nitrogens with zero attached hydrogens (tertiary/aromatic N) is 2. The fourth-order valence-electron chi connectivity index (χ4n) is 4.02. The molecule has 0 saturated carbocycles. The molecule has 0 radical (unpaired) electrons. The number of piperidine rings is 1. The Balaban J connectivity index is 1.44. The Kier molecular flexibility index (Phi) is 7.04. The molecule has 0 aliphatic carbocycles. The first-order valence-electron chi connectivity index (χ1n) is 11.0. The van der Waals surface area contributed by atoms with Crippen molar-refractivity contribution in [3.05, 3.63) is 65.0 Å². The van der Waals surface area contributed by atoms with Gasteiger partial charge in [-0.15, -0.1) is 0 Å². The van der Waals surface area contributed by atoms with Gasteiger partial charge in [-0.05, 0) is 24.1 Å². The van der Waals surface area contributed by atoms with Crippen LogP contribution in [0.25, 0.3) is 0 Å². The molecule has 9 nitrogen and oxygen atoms in total. The monoisotopic (exact) mass is 465 g/mol. The van der Waals surface area contributed by atoms with E-state index in [2.05, 4.69) is 16.0 Å². The number of anilines is 1. The molecule has 2 fully saturated rings. The van der Waals surface area contributed by atoms with Crippen LogP contribution in [-0.4, -0.2) is 48.5 Å². The second kappa shape index (κ2) is 10.3. The molecule has 10 heteroatoms. The molecular formula is C24H24FN5O4. The molecule has 2 aromatic carbocycles. The third-order valence-corrected chi connectivity index (χ3v) is 5.84. The molecule has 2 aliphatic rings. The first kappa shape index (κ1) is 23.2. The minimum Gasteiger partial charge on any atom is -0.445 e. The van der Waals surface area contributed by atoms with Gasteiger partial charge in [0.05, 0.1) is 17.3 Å². The lowest BCUT2D eigenvalue weighted by molar-refractivity contribution is -0.133. The van der Waals surface area contributed by atoms with Crippen LogP contribution in [0.4, 0.5) is 14.9 Å². The number of ether oxygens (including phenoxy) is 1. The van der Waals surface area contributed by atoms with E-state index in [1.54, 1.807) is 0 Å². The van der Waals surface area contributed by atoms with Crippen molar-refractivity contribution in [1.29, 1.82) is 5.26 Å². The van der Waals surface area contributed by atoms with Gasteiger partial charge >= 0.3 is 6.09 Å². The van der Waals surface area contributed by atoms with Gasteiger partial charge in [0.2, 0.25) is 11.8 Å². The second-order valence-corrected chi connectivity index (χ2v) is 8.17. The molecule has 2 aromatic rings. The molecule has 0 aromatic heterocycles. The van der Waals surface area contributed by atoms with Crippen molar-refractivity contribution in [3.8, 4) is 6.07 Å². The third-order valence-electron chi connectivity index (χ3n) is 5.84. The molecule has 176 valence electrons. The lowest BCUT2D eigenvalue weighted by Gasteiger charge is -2.33. The number of carbonyl (C=O) groups excluding carboxylic acids is 3. The van der Waals surface area contributed by atoms with Crippen molar-refractivity contribution in [2.45, 2.75) is 31.5 Å². The summed E-state index contributed by atoms with van der Waals surface area (Å²) in [6.07, 6.45) is -0.0792. The van der Waals surface area contributed by atoms with Gasteiger partial charge in [-0.2, -0.15) is 5.26 Å². The summed E-state index contributed by atoms with van der Waals surface area (Å²) in [6, 6.07) is 12.7. The Labute approximate surface area is 195 Å². The lowest BCUT2D eigenvalue weighted by atomic mass is 9.99. The topological polar surface area (TPSA) is 124 Å². The van der Waals surface area contributed by atoms with Gasteiger partial charge in [0.25, 0.3) is 0 Å². The Morgan fingerprint density at radius 2 is 2.06 bits per heavy atom. The summed E-state index contributed by atoms with van der Waals surface area (Å²) in [5.74, 6) is -1.45. The number of piperazine rings is 1. The van der Waals surface area contributed by atoms with Crippen molar-refractivity contribution in [1.82, 2.24) is 15.5 Å². The highest BCUT2D eigenvalue weighted by Crippen LogP contribution is 2.28. The van der Waals surface area contributed by atoms with E-state index in [1.165, 1.54) is 17.0 Å². The number of hydrogen-bond acceptors (Lipinski definition) is 7. The van der Waals surface area contributed by atoms with Crippen LogP contribution in [0.3, 0.4) is 0 Å². The number of nitriles is 1. The van der Waals surface area contributed by atoms with E-state index in [1.807, 2.05) is 36.4 Å². The van der Waals surface area contributed by atoms with Gasteiger partial charge in [-0.3, -0.25) is 14.9 Å². The van der Waals surface area contributed by atoms with Crippen LogP contribution in [-0.2, 0) is 20.9 Å². The van der Waals surface area contributed by atoms with E-state index in [0.29, 0.717) is 13.1 Å². The van der Waals surface area contributed by atoms with Crippen molar-refractivity contribution in [2.24, 2.45) is 0 Å². The van der Waals surface area contributed by atoms with E-state index in [-0.39, 0.29) is 48.7 Å². The average molecular weight is 465 g/mol. The number of amides is 3. The van der Waals surface area contributed by atoms with Gasteiger partial charge in [-0.1, -0.05) is 30.3 Å². The quantitative estimate of drug-likeness (QED) is 0.579. The molecule has 0 bridgehead atoms. The predicted molar refractivity (Wildman–Crippen MR) is 120 cm³/mol. The van der Waals surface area contributed by atoms with Crippen LogP contribution < -0.4 is 16.0 Å². The maximum Gasteiger partial charge on any atom is 0.410 e. The molecule has 3 N–H and O–H groups in total. The Morgan fingerprint density at radius 3 is 2.79 bits per heavy atom. The predicted octanol–water partition coefficient (Wildman–Crippen LogP) is 2.20. The SMILES string of the molecule is N#Cc1cc(C2CN(C(=O)OCc3ccccc3)CCN2)c(F)cc1NC1CCC(=O)NC1=O. The van der Waals surface area contributed by atoms with E-state index in [9.17, 15) is 19.6 Å². The normalized spacial score (nSPS) is 20.3. The summed E-state index contributed by atoms with van der Waals surface area (Å²) in [5.41, 5.74) is 1.44. The van der Waals surface area contributed by atoms with Crippen molar-refractivity contribution in [2.75, 3.05) is 25.0 Å². The lowest BCUT2D eigenvalue weighted by Crippen LogP contribution is -2.48. The van der Waals surface area contributed by atoms with Gasteiger partial charge in [-0.25, -0.2) is 9.18 Å². The summed E-state index contributed by atoms with van der Waals surface area (Å²) in [6.45, 7) is 1.16. The molecule has 4 rings (SSSR count). The molecule has 2 unspecified atom stereocenters. The zero-order valence-corrected chi connectivity index (χ0v) is 18.3. The summed E-state index contributed by atoms with van der Waals surface area (Å²) in [5, 5.41) is 17.9. The highest BCUT2D eigenvalue weighted by atomic mass is 19.1. The van der Waals surface area contributed by atoms with E-state index < -0.39 is 29.9 Å². The molecule has 34 heavy (non-hydrogen) atoms. The fourth-order valence-corrected chi connectivity index (χ4v) is 4.02. The van der Waals surface area contributed by atoms with Gasteiger partial charge < -0.3 is 20.3 Å². The number of carbonyl (C=O) groups is 3. The first-order valence-corrected chi connectivity index (χ1v) is 11.0. The summed E-state index contributed by atoms with van der Waals surface area (Å²) >= 11 is 0. The van der Waals surface area contributed by atoms with Crippen molar-refractivity contribution < 1.29 is 23.5 Å². The number of nitrogens with one attached hydrogen (secondary N) is 3. The van der Waals surface area contributed by atoms with Crippen molar-refractivity contribution in [3.63, 3.8) is 0 Å². The molecule has 2 atom stereocenters. The number of halogens is 1. The molecule has 2 aliphatic heterocycles. The first-order chi connectivity index (χ1) is 16.4. The Morgan fingerprint density at radius 1 is 1.26 bits per heavy atom. The average Bonchev–Trinajstić information content (AvgIpc) is 2.85. The second-order valence-electron chi connectivity index (χ2n) is 8.17. The molecule has 3 amide bonds. The molecule has 0 spiro atoms. The smallest absolute Gasteiger partial charge is 0.410 e. The number of rotatable bonds is 5. The van der Waals surface area contributed by atoms with Gasteiger partial charge in [0.15, 0.2) is 0 Å². The molecule has 2 heterocycles. The van der Waals surface area contributed by atoms with Crippen LogP contribution in [0.15, 0.2) is 42.5 Å². The highest BCUT2D eigenvalue weighted by molar-refractivity contribution is 6.01. The largest absolute Gasteiger partial charge is 0.445 e. The maximum absolute atomic E-state index is 15.1. The zero-order valence-electron chi connectivity index (χ0n) is 18.3. The van der Waals surface area contributed by atoms with E-state index in [4.69, 9.17) is 4.74 Å². The number of hydrogen-bond donors (Lipinski definition) is 3. The van der Waals surface area contributed by atoms with Crippen LogP contribution in [0.1, 0.15) is 35.6 Å². The molecular weight excluding hydrogens is 441 g/mol. The van der Waals surface area contributed by atoms with Crippen molar-refractivity contribution >= 4 is 23.6 Å². The zero-order chi connectivity index (χ0) is 24.1. The standard InChI is InChI=1S/C24H24FN5O4/c25-18-11-20(28-19-6-7-22(31)29-23(19)32)16(12-26)10-17(18)21-13-30(9-8-27-21)24(33)34-14-15-4-2-1-3-5-15/h1-5,10-11,19,21,27-28H,6-9,13-14H2,(H,29,31,32). The van der Waals surface area contributed by atoms with Crippen LogP contribution in [0, 0.1) is 17.1 Å². The van der Waals surface area contributed by atoms with Gasteiger partial charge in [0, 0.05) is 31.6 Å². The fraction of sp³-hybridized carbons (Fsp3) is 0.333. The third kappa shape index (κ3) is 5.32. The summed E-state index contributed by atoms with van der Waals surface area (Å²) in [7, 11) is 0. The maximum atomic E-state index is 15.1. The molecule has 2 saturated heterocycles. The summed E-state index contributed by atoms with van der Waals surface area (Å²) < 4.78 is 20.5. The Hall–Kier alpha value is -3.97. The Bertz CT molecular complexity index is 1130. The van der Waals surface area contributed by atoms with Crippen LogP contribution >= 0.6 is 0 Å². The minimum absolute atomic E-state index is 0.141. The number of imide groups is 1. The van der Waals surface area contributed by atoms with Gasteiger partial charge in [0.1, 0.15) is 24.5 Å².